The first-order valence-corrected chi connectivity index (χ1v) is 7.03. The summed E-state index contributed by atoms with van der Waals surface area (Å²) in [4.78, 5) is 0. The van der Waals surface area contributed by atoms with E-state index in [9.17, 15) is 0 Å². The van der Waals surface area contributed by atoms with Crippen LogP contribution in [0.1, 0.15) is 6.42 Å². The smallest absolute Gasteiger partial charge is 0.0422 e. The van der Waals surface area contributed by atoms with E-state index in [4.69, 9.17) is 11.6 Å². The molecule has 19 heavy (non-hydrogen) atoms. The Morgan fingerprint density at radius 1 is 1.05 bits per heavy atom. The normalized spacial score (nSPS) is 18.5. The summed E-state index contributed by atoms with van der Waals surface area (Å²) in [6, 6.07) is 17.0. The van der Waals surface area contributed by atoms with E-state index in [1.807, 2.05) is 12.1 Å². The molecular weight excluding hydrogens is 256 g/mol. The van der Waals surface area contributed by atoms with Crippen molar-refractivity contribution in [2.45, 2.75) is 12.5 Å². The second-order valence-corrected chi connectivity index (χ2v) is 5.32. The van der Waals surface area contributed by atoms with Crippen LogP contribution < -0.4 is 10.6 Å². The summed E-state index contributed by atoms with van der Waals surface area (Å²) < 4.78 is 0. The zero-order chi connectivity index (χ0) is 13.1. The summed E-state index contributed by atoms with van der Waals surface area (Å²) in [5.41, 5.74) is 3.61. The number of hydrogen-bond donors (Lipinski definition) is 2. The molecular formula is C16H17ClN2. The topological polar surface area (TPSA) is 24.1 Å². The van der Waals surface area contributed by atoms with Gasteiger partial charge in [0, 0.05) is 28.9 Å². The van der Waals surface area contributed by atoms with Crippen molar-refractivity contribution < 1.29 is 0 Å². The summed E-state index contributed by atoms with van der Waals surface area (Å²) >= 11 is 5.95. The van der Waals surface area contributed by atoms with Crippen molar-refractivity contribution in [3.63, 3.8) is 0 Å². The third-order valence-corrected chi connectivity index (χ3v) is 3.75. The molecule has 3 rings (SSSR count). The van der Waals surface area contributed by atoms with Crippen LogP contribution in [0.25, 0.3) is 11.1 Å². The number of para-hydroxylation sites is 1. The average Bonchev–Trinajstić information content (AvgIpc) is 2.93. The van der Waals surface area contributed by atoms with Gasteiger partial charge in [0.15, 0.2) is 0 Å². The van der Waals surface area contributed by atoms with Crippen LogP contribution in [0.5, 0.6) is 0 Å². The molecule has 0 saturated carbocycles. The molecule has 2 N–H and O–H groups in total. The predicted molar refractivity (Wildman–Crippen MR) is 81.8 cm³/mol. The summed E-state index contributed by atoms with van der Waals surface area (Å²) in [5, 5.41) is 7.78. The van der Waals surface area contributed by atoms with Crippen molar-refractivity contribution in [1.82, 2.24) is 5.32 Å². The van der Waals surface area contributed by atoms with Crippen LogP contribution >= 0.6 is 11.6 Å². The fourth-order valence-corrected chi connectivity index (χ4v) is 2.61. The molecule has 0 aliphatic carbocycles. The van der Waals surface area contributed by atoms with Gasteiger partial charge >= 0.3 is 0 Å². The Kier molecular flexibility index (Phi) is 3.72. The van der Waals surface area contributed by atoms with Crippen LogP contribution in [0.4, 0.5) is 5.69 Å². The van der Waals surface area contributed by atoms with Crippen molar-refractivity contribution in [3.05, 3.63) is 53.6 Å². The van der Waals surface area contributed by atoms with Crippen LogP contribution in [-0.4, -0.2) is 19.1 Å². The predicted octanol–water partition coefficient (Wildman–Crippen LogP) is 3.78. The van der Waals surface area contributed by atoms with Gasteiger partial charge in [0.2, 0.25) is 0 Å². The van der Waals surface area contributed by atoms with Gasteiger partial charge < -0.3 is 10.6 Å². The highest BCUT2D eigenvalue weighted by Gasteiger charge is 2.15. The number of anilines is 1. The summed E-state index contributed by atoms with van der Waals surface area (Å²) in [6.07, 6.45) is 1.18. The Bertz CT molecular complexity index is 545. The quantitative estimate of drug-likeness (QED) is 0.889. The number of rotatable bonds is 3. The molecule has 1 unspecified atom stereocenters. The van der Waals surface area contributed by atoms with Gasteiger partial charge in [-0.15, -0.1) is 0 Å². The van der Waals surface area contributed by atoms with E-state index in [2.05, 4.69) is 47.0 Å². The number of benzene rings is 2. The van der Waals surface area contributed by atoms with Gasteiger partial charge in [0.05, 0.1) is 0 Å². The maximum atomic E-state index is 5.95. The van der Waals surface area contributed by atoms with Crippen LogP contribution in [0.15, 0.2) is 48.5 Å². The third-order valence-electron chi connectivity index (χ3n) is 3.50. The molecule has 98 valence electrons. The second-order valence-electron chi connectivity index (χ2n) is 4.89. The summed E-state index contributed by atoms with van der Waals surface area (Å²) in [7, 11) is 0. The van der Waals surface area contributed by atoms with Gasteiger partial charge in [-0.25, -0.2) is 0 Å². The molecule has 0 radical (unpaired) electrons. The molecule has 0 spiro atoms. The van der Waals surface area contributed by atoms with Gasteiger partial charge in [-0.3, -0.25) is 0 Å². The van der Waals surface area contributed by atoms with Crippen molar-refractivity contribution in [1.29, 1.82) is 0 Å². The molecule has 1 atom stereocenters. The van der Waals surface area contributed by atoms with E-state index < -0.39 is 0 Å². The fourth-order valence-electron chi connectivity index (χ4n) is 2.49. The largest absolute Gasteiger partial charge is 0.380 e. The Balaban J connectivity index is 1.90. The molecule has 1 aliphatic rings. The van der Waals surface area contributed by atoms with E-state index in [0.29, 0.717) is 6.04 Å². The molecule has 1 heterocycles. The van der Waals surface area contributed by atoms with Crippen molar-refractivity contribution in [3.8, 4) is 11.1 Å². The Morgan fingerprint density at radius 3 is 2.58 bits per heavy atom. The van der Waals surface area contributed by atoms with Gasteiger partial charge in [-0.1, -0.05) is 41.9 Å². The first kappa shape index (κ1) is 12.5. The molecule has 0 amide bonds. The summed E-state index contributed by atoms with van der Waals surface area (Å²) in [5.74, 6) is 0. The zero-order valence-corrected chi connectivity index (χ0v) is 11.5. The molecule has 0 bridgehead atoms. The van der Waals surface area contributed by atoms with E-state index in [1.165, 1.54) is 23.2 Å². The lowest BCUT2D eigenvalue weighted by molar-refractivity contribution is 0.794. The maximum absolute atomic E-state index is 5.95. The monoisotopic (exact) mass is 272 g/mol. The first-order valence-electron chi connectivity index (χ1n) is 6.65. The third kappa shape index (κ3) is 2.91. The molecule has 2 aromatic rings. The zero-order valence-electron chi connectivity index (χ0n) is 10.7. The van der Waals surface area contributed by atoms with Gasteiger partial charge in [-0.2, -0.15) is 0 Å². The maximum Gasteiger partial charge on any atom is 0.0422 e. The minimum Gasteiger partial charge on any atom is -0.380 e. The molecule has 1 saturated heterocycles. The number of nitrogens with one attached hydrogen (secondary N) is 2. The molecule has 2 aromatic carbocycles. The highest BCUT2D eigenvalue weighted by atomic mass is 35.5. The van der Waals surface area contributed by atoms with Crippen molar-refractivity contribution >= 4 is 17.3 Å². The summed E-state index contributed by atoms with van der Waals surface area (Å²) in [6.45, 7) is 2.13. The van der Waals surface area contributed by atoms with Crippen LogP contribution in [-0.2, 0) is 0 Å². The lowest BCUT2D eigenvalue weighted by atomic mass is 10.0. The van der Waals surface area contributed by atoms with E-state index in [-0.39, 0.29) is 0 Å². The molecule has 1 fully saturated rings. The molecule has 1 aliphatic heterocycles. The van der Waals surface area contributed by atoms with Crippen molar-refractivity contribution in [2.75, 3.05) is 18.4 Å². The van der Waals surface area contributed by atoms with E-state index in [1.54, 1.807) is 0 Å². The van der Waals surface area contributed by atoms with E-state index in [0.717, 1.165) is 18.1 Å². The minimum atomic E-state index is 0.522. The molecule has 2 nitrogen and oxygen atoms in total. The number of halogens is 1. The highest BCUT2D eigenvalue weighted by Crippen LogP contribution is 2.29. The Labute approximate surface area is 118 Å². The Hall–Kier alpha value is -1.51. The van der Waals surface area contributed by atoms with E-state index >= 15 is 0 Å². The van der Waals surface area contributed by atoms with Crippen LogP contribution in [0, 0.1) is 0 Å². The SMILES string of the molecule is Clc1ccc(-c2ccccc2NC2CCNC2)cc1. The average molecular weight is 273 g/mol. The number of hydrogen-bond acceptors (Lipinski definition) is 2. The highest BCUT2D eigenvalue weighted by molar-refractivity contribution is 6.30. The van der Waals surface area contributed by atoms with Crippen molar-refractivity contribution in [2.24, 2.45) is 0 Å². The fraction of sp³-hybridized carbons (Fsp3) is 0.250. The standard InChI is InChI=1S/C16H17ClN2/c17-13-7-5-12(6-8-13)15-3-1-2-4-16(15)19-14-9-10-18-11-14/h1-8,14,18-19H,9-11H2. The lowest BCUT2D eigenvalue weighted by Gasteiger charge is -2.16. The lowest BCUT2D eigenvalue weighted by Crippen LogP contribution is -2.22. The second kappa shape index (κ2) is 5.64. The van der Waals surface area contributed by atoms with Crippen LogP contribution in [0.3, 0.4) is 0 Å². The van der Waals surface area contributed by atoms with Gasteiger partial charge in [0.25, 0.3) is 0 Å². The van der Waals surface area contributed by atoms with Gasteiger partial charge in [0.1, 0.15) is 0 Å². The van der Waals surface area contributed by atoms with Crippen LogP contribution in [0.2, 0.25) is 5.02 Å². The van der Waals surface area contributed by atoms with Gasteiger partial charge in [-0.05, 0) is 36.7 Å². The first-order chi connectivity index (χ1) is 9.33. The Morgan fingerprint density at radius 2 is 1.84 bits per heavy atom. The minimum absolute atomic E-state index is 0.522. The molecule has 0 aromatic heterocycles. The molecule has 3 heteroatoms.